The SMILES string of the molecule is CCC1(C)CC2(OCC(C)(C)CO2)C(C)C(C)(CC)N1OC(C)c1ccccc1. The van der Waals surface area contributed by atoms with Crippen LogP contribution in [0.25, 0.3) is 0 Å². The Morgan fingerprint density at radius 3 is 2.14 bits per heavy atom. The molecule has 3 rings (SSSR count). The van der Waals surface area contributed by atoms with Gasteiger partial charge in [0.25, 0.3) is 0 Å². The van der Waals surface area contributed by atoms with Crippen LogP contribution in [0.5, 0.6) is 0 Å². The number of rotatable bonds is 5. The van der Waals surface area contributed by atoms with Crippen LogP contribution >= 0.6 is 0 Å². The molecule has 2 aliphatic heterocycles. The third-order valence-corrected chi connectivity index (χ3v) is 7.60. The van der Waals surface area contributed by atoms with Crippen molar-refractivity contribution in [1.82, 2.24) is 5.06 Å². The molecule has 4 nitrogen and oxygen atoms in total. The van der Waals surface area contributed by atoms with Gasteiger partial charge in [-0.25, -0.2) is 0 Å². The van der Waals surface area contributed by atoms with Crippen LogP contribution < -0.4 is 0 Å². The van der Waals surface area contributed by atoms with Gasteiger partial charge >= 0.3 is 0 Å². The van der Waals surface area contributed by atoms with Gasteiger partial charge in [0.2, 0.25) is 0 Å². The second-order valence-corrected chi connectivity index (χ2v) is 10.5. The van der Waals surface area contributed by atoms with E-state index in [0.29, 0.717) is 0 Å². The van der Waals surface area contributed by atoms with Gasteiger partial charge in [0.1, 0.15) is 6.10 Å². The van der Waals surface area contributed by atoms with Crippen molar-refractivity contribution in [3.05, 3.63) is 35.9 Å². The summed E-state index contributed by atoms with van der Waals surface area (Å²) in [6.07, 6.45) is 2.73. The number of nitrogens with zero attached hydrogens (tertiary/aromatic N) is 1. The third kappa shape index (κ3) is 4.01. The van der Waals surface area contributed by atoms with Gasteiger partial charge in [-0.3, -0.25) is 4.84 Å². The Morgan fingerprint density at radius 1 is 1.03 bits per heavy atom. The maximum atomic E-state index is 6.76. The predicted octanol–water partition coefficient (Wildman–Crippen LogP) is 6.13. The van der Waals surface area contributed by atoms with Crippen molar-refractivity contribution in [3.8, 4) is 0 Å². The molecule has 0 radical (unpaired) electrons. The molecular formula is C25H41NO3. The van der Waals surface area contributed by atoms with Crippen molar-refractivity contribution in [3.63, 3.8) is 0 Å². The van der Waals surface area contributed by atoms with Crippen molar-refractivity contribution in [2.75, 3.05) is 13.2 Å². The minimum absolute atomic E-state index is 0.0127. The summed E-state index contributed by atoms with van der Waals surface area (Å²) in [5.41, 5.74) is 0.880. The molecule has 164 valence electrons. The molecule has 1 aromatic carbocycles. The average molecular weight is 404 g/mol. The van der Waals surface area contributed by atoms with Crippen LogP contribution in [0.4, 0.5) is 0 Å². The summed E-state index contributed by atoms with van der Waals surface area (Å²) in [5.74, 6) is -0.375. The van der Waals surface area contributed by atoms with Crippen molar-refractivity contribution in [2.24, 2.45) is 11.3 Å². The highest BCUT2D eigenvalue weighted by atomic mass is 16.7. The molecule has 4 atom stereocenters. The minimum atomic E-state index is -0.555. The van der Waals surface area contributed by atoms with Crippen LogP contribution in [0.2, 0.25) is 0 Å². The Hall–Kier alpha value is -0.940. The van der Waals surface area contributed by atoms with E-state index < -0.39 is 5.79 Å². The molecule has 4 heteroatoms. The molecule has 0 aromatic heterocycles. The number of ether oxygens (including phenoxy) is 2. The molecule has 29 heavy (non-hydrogen) atoms. The van der Waals surface area contributed by atoms with E-state index in [9.17, 15) is 0 Å². The van der Waals surface area contributed by atoms with Crippen LogP contribution in [0.3, 0.4) is 0 Å². The zero-order valence-corrected chi connectivity index (χ0v) is 19.7. The van der Waals surface area contributed by atoms with Crippen LogP contribution in [-0.2, 0) is 14.3 Å². The lowest BCUT2D eigenvalue weighted by molar-refractivity contribution is -0.415. The normalized spacial score (nSPS) is 35.5. The van der Waals surface area contributed by atoms with Gasteiger partial charge in [0, 0.05) is 23.3 Å². The fourth-order valence-corrected chi connectivity index (χ4v) is 5.00. The highest BCUT2D eigenvalue weighted by Crippen LogP contribution is 2.54. The summed E-state index contributed by atoms with van der Waals surface area (Å²) < 4.78 is 13.1. The second-order valence-electron chi connectivity index (χ2n) is 10.5. The molecule has 2 saturated heterocycles. The number of hydrogen-bond acceptors (Lipinski definition) is 4. The van der Waals surface area contributed by atoms with Gasteiger partial charge in [-0.15, -0.1) is 0 Å². The van der Waals surface area contributed by atoms with E-state index in [4.69, 9.17) is 14.3 Å². The summed E-state index contributed by atoms with van der Waals surface area (Å²) >= 11 is 0. The molecule has 2 fully saturated rings. The topological polar surface area (TPSA) is 30.9 Å². The van der Waals surface area contributed by atoms with Crippen molar-refractivity contribution in [2.45, 2.75) is 97.6 Å². The minimum Gasteiger partial charge on any atom is -0.349 e. The smallest absolute Gasteiger partial charge is 0.174 e. The first-order chi connectivity index (χ1) is 13.5. The summed E-state index contributed by atoms with van der Waals surface area (Å²) in [5, 5.41) is 2.31. The lowest BCUT2D eigenvalue weighted by Gasteiger charge is -2.64. The Morgan fingerprint density at radius 2 is 1.62 bits per heavy atom. The van der Waals surface area contributed by atoms with Crippen LogP contribution in [0.1, 0.15) is 86.3 Å². The van der Waals surface area contributed by atoms with Crippen LogP contribution in [0.15, 0.2) is 30.3 Å². The fraction of sp³-hybridized carbons (Fsp3) is 0.760. The van der Waals surface area contributed by atoms with Gasteiger partial charge in [0.15, 0.2) is 5.79 Å². The lowest BCUT2D eigenvalue weighted by atomic mass is 9.67. The Bertz CT molecular complexity index is 681. The zero-order valence-electron chi connectivity index (χ0n) is 19.7. The van der Waals surface area contributed by atoms with Crippen LogP contribution in [-0.4, -0.2) is 35.1 Å². The molecule has 0 amide bonds. The van der Waals surface area contributed by atoms with Gasteiger partial charge in [-0.1, -0.05) is 65.0 Å². The molecule has 0 N–H and O–H groups in total. The Balaban J connectivity index is 1.95. The second kappa shape index (κ2) is 7.96. The van der Waals surface area contributed by atoms with Crippen molar-refractivity contribution < 1.29 is 14.3 Å². The maximum absolute atomic E-state index is 6.76. The quantitative estimate of drug-likeness (QED) is 0.592. The molecule has 1 spiro atoms. The summed E-state index contributed by atoms with van der Waals surface area (Å²) in [7, 11) is 0. The standard InChI is InChI=1S/C25H41NO3/c1-9-23(7)16-25(27-17-22(5,6)18-28-25)20(4)24(8,10-2)26(23)29-19(3)21-14-12-11-13-15-21/h11-15,19-20H,9-10,16-18H2,1-8H3. The highest BCUT2D eigenvalue weighted by Gasteiger charge is 2.63. The molecule has 4 unspecified atom stereocenters. The first kappa shape index (κ1) is 22.7. The summed E-state index contributed by atoms with van der Waals surface area (Å²) in [6, 6.07) is 10.5. The maximum Gasteiger partial charge on any atom is 0.174 e. The Kier molecular flexibility index (Phi) is 6.24. The van der Waals surface area contributed by atoms with Crippen LogP contribution in [0, 0.1) is 11.3 Å². The van der Waals surface area contributed by atoms with E-state index in [1.54, 1.807) is 0 Å². The van der Waals surface area contributed by atoms with E-state index in [0.717, 1.165) is 32.5 Å². The van der Waals surface area contributed by atoms with E-state index >= 15 is 0 Å². The molecule has 1 aromatic rings. The highest BCUT2D eigenvalue weighted by molar-refractivity contribution is 5.17. The van der Waals surface area contributed by atoms with E-state index in [-0.39, 0.29) is 28.5 Å². The van der Waals surface area contributed by atoms with Crippen molar-refractivity contribution in [1.29, 1.82) is 0 Å². The largest absolute Gasteiger partial charge is 0.349 e. The van der Waals surface area contributed by atoms with Gasteiger partial charge in [-0.05, 0) is 39.2 Å². The molecular weight excluding hydrogens is 362 g/mol. The van der Waals surface area contributed by atoms with Crippen molar-refractivity contribution >= 4 is 0 Å². The zero-order chi connectivity index (χ0) is 21.5. The Labute approximate surface area is 177 Å². The number of hydrogen-bond donors (Lipinski definition) is 0. The number of piperidine rings is 1. The van der Waals surface area contributed by atoms with Gasteiger partial charge in [-0.2, -0.15) is 5.06 Å². The third-order valence-electron chi connectivity index (χ3n) is 7.60. The molecule has 0 bridgehead atoms. The van der Waals surface area contributed by atoms with Gasteiger partial charge in [0.05, 0.1) is 18.8 Å². The van der Waals surface area contributed by atoms with E-state index in [2.05, 4.69) is 90.8 Å². The predicted molar refractivity (Wildman–Crippen MR) is 117 cm³/mol. The van der Waals surface area contributed by atoms with Gasteiger partial charge < -0.3 is 9.47 Å². The monoisotopic (exact) mass is 403 g/mol. The number of hydroxylamine groups is 2. The summed E-state index contributed by atoms with van der Waals surface area (Å²) in [4.78, 5) is 6.76. The first-order valence-corrected chi connectivity index (χ1v) is 11.3. The molecule has 2 heterocycles. The summed E-state index contributed by atoms with van der Waals surface area (Å²) in [6.45, 7) is 19.4. The number of benzene rings is 1. The van der Waals surface area contributed by atoms with E-state index in [1.807, 2.05) is 0 Å². The molecule has 0 aliphatic carbocycles. The molecule has 2 aliphatic rings. The average Bonchev–Trinajstić information content (AvgIpc) is 2.72. The molecule has 0 saturated carbocycles. The first-order valence-electron chi connectivity index (χ1n) is 11.3. The lowest BCUT2D eigenvalue weighted by Crippen LogP contribution is -2.73. The van der Waals surface area contributed by atoms with E-state index in [1.165, 1.54) is 5.56 Å². The fourth-order valence-electron chi connectivity index (χ4n) is 5.00.